The molecule has 2 aromatic rings. The second-order valence-corrected chi connectivity index (χ2v) is 4.44. The van der Waals surface area contributed by atoms with Gasteiger partial charge in [0.15, 0.2) is 11.5 Å². The first-order valence-electron chi connectivity index (χ1n) is 6.31. The van der Waals surface area contributed by atoms with E-state index in [0.717, 1.165) is 16.9 Å². The van der Waals surface area contributed by atoms with Crippen LogP contribution in [0.15, 0.2) is 48.5 Å². The van der Waals surface area contributed by atoms with Crippen LogP contribution in [0.25, 0.3) is 0 Å². The van der Waals surface area contributed by atoms with Gasteiger partial charge in [0.2, 0.25) is 0 Å². The highest BCUT2D eigenvalue weighted by Gasteiger charge is 2.13. The van der Waals surface area contributed by atoms with Crippen molar-refractivity contribution in [2.75, 3.05) is 7.11 Å². The summed E-state index contributed by atoms with van der Waals surface area (Å²) in [7, 11) is 1.63. The van der Waals surface area contributed by atoms with E-state index in [1.54, 1.807) is 7.11 Å². The molecule has 2 rings (SSSR count). The molecule has 0 radical (unpaired) electrons. The molecule has 0 fully saturated rings. The first-order chi connectivity index (χ1) is 9.22. The molecule has 2 N–H and O–H groups in total. The molecule has 0 heterocycles. The van der Waals surface area contributed by atoms with E-state index in [1.165, 1.54) is 0 Å². The van der Waals surface area contributed by atoms with Crippen LogP contribution in [0.3, 0.4) is 0 Å². The molecule has 0 saturated heterocycles. The standard InChI is InChI=1S/C16H19NO2.ClH/c1-12(17)14-9-6-10-15(18-2)16(14)19-11-13-7-4-3-5-8-13;/h3-10,12H,11,17H2,1-2H3;1H. The van der Waals surface area contributed by atoms with Crippen molar-refractivity contribution in [1.29, 1.82) is 0 Å². The van der Waals surface area contributed by atoms with Gasteiger partial charge in [0.1, 0.15) is 6.61 Å². The van der Waals surface area contributed by atoms with Crippen molar-refractivity contribution in [1.82, 2.24) is 0 Å². The normalized spacial score (nSPS) is 11.3. The summed E-state index contributed by atoms with van der Waals surface area (Å²) in [6, 6.07) is 15.7. The second-order valence-electron chi connectivity index (χ2n) is 4.44. The smallest absolute Gasteiger partial charge is 0.166 e. The first kappa shape index (κ1) is 16.3. The molecule has 0 amide bonds. The predicted molar refractivity (Wildman–Crippen MR) is 83.6 cm³/mol. The average molecular weight is 294 g/mol. The van der Waals surface area contributed by atoms with E-state index >= 15 is 0 Å². The van der Waals surface area contributed by atoms with Crippen molar-refractivity contribution in [3.05, 3.63) is 59.7 Å². The molecule has 0 bridgehead atoms. The second kappa shape index (κ2) is 7.78. The molecule has 0 aliphatic heterocycles. The fourth-order valence-corrected chi connectivity index (χ4v) is 1.94. The number of rotatable bonds is 5. The van der Waals surface area contributed by atoms with Crippen LogP contribution in [0.5, 0.6) is 11.5 Å². The largest absolute Gasteiger partial charge is 0.493 e. The number of halogens is 1. The lowest BCUT2D eigenvalue weighted by molar-refractivity contribution is 0.280. The Hall–Kier alpha value is -1.71. The molecule has 108 valence electrons. The lowest BCUT2D eigenvalue weighted by atomic mass is 10.1. The van der Waals surface area contributed by atoms with Gasteiger partial charge in [0.25, 0.3) is 0 Å². The summed E-state index contributed by atoms with van der Waals surface area (Å²) in [6.07, 6.45) is 0. The van der Waals surface area contributed by atoms with Gasteiger partial charge < -0.3 is 15.2 Å². The van der Waals surface area contributed by atoms with Gasteiger partial charge in [0, 0.05) is 11.6 Å². The van der Waals surface area contributed by atoms with Crippen LogP contribution in [0.2, 0.25) is 0 Å². The van der Waals surface area contributed by atoms with E-state index in [-0.39, 0.29) is 18.4 Å². The third-order valence-corrected chi connectivity index (χ3v) is 2.95. The summed E-state index contributed by atoms with van der Waals surface area (Å²) >= 11 is 0. The Balaban J connectivity index is 0.00000200. The molecule has 2 aromatic carbocycles. The van der Waals surface area contributed by atoms with Crippen molar-refractivity contribution < 1.29 is 9.47 Å². The molecular formula is C16H20ClNO2. The number of para-hydroxylation sites is 1. The van der Waals surface area contributed by atoms with Gasteiger partial charge in [-0.2, -0.15) is 0 Å². The van der Waals surface area contributed by atoms with Gasteiger partial charge in [-0.15, -0.1) is 12.4 Å². The summed E-state index contributed by atoms with van der Waals surface area (Å²) in [5.74, 6) is 1.44. The van der Waals surface area contributed by atoms with Crippen molar-refractivity contribution in [3.63, 3.8) is 0 Å². The molecule has 0 aliphatic carbocycles. The average Bonchev–Trinajstić information content (AvgIpc) is 2.45. The molecule has 4 heteroatoms. The van der Waals surface area contributed by atoms with Gasteiger partial charge >= 0.3 is 0 Å². The molecule has 3 nitrogen and oxygen atoms in total. The molecule has 0 aliphatic rings. The minimum absolute atomic E-state index is 0. The minimum Gasteiger partial charge on any atom is -0.493 e. The van der Waals surface area contributed by atoms with Crippen LogP contribution in [-0.2, 0) is 6.61 Å². The molecule has 0 spiro atoms. The molecular weight excluding hydrogens is 274 g/mol. The first-order valence-corrected chi connectivity index (χ1v) is 6.31. The Kier molecular flexibility index (Phi) is 6.36. The summed E-state index contributed by atoms with van der Waals surface area (Å²) in [5, 5.41) is 0. The van der Waals surface area contributed by atoms with Gasteiger partial charge in [-0.3, -0.25) is 0 Å². The minimum atomic E-state index is -0.0964. The Bertz CT molecular complexity index is 529. The Morgan fingerprint density at radius 3 is 2.35 bits per heavy atom. The summed E-state index contributed by atoms with van der Waals surface area (Å²) in [6.45, 7) is 2.44. The highest BCUT2D eigenvalue weighted by Crippen LogP contribution is 2.34. The monoisotopic (exact) mass is 293 g/mol. The maximum atomic E-state index is 5.97. The van der Waals surface area contributed by atoms with Gasteiger partial charge in [0.05, 0.1) is 7.11 Å². The fraction of sp³-hybridized carbons (Fsp3) is 0.250. The van der Waals surface area contributed by atoms with Gasteiger partial charge in [-0.25, -0.2) is 0 Å². The maximum Gasteiger partial charge on any atom is 0.166 e. The fourth-order valence-electron chi connectivity index (χ4n) is 1.94. The summed E-state index contributed by atoms with van der Waals surface area (Å²) < 4.78 is 11.2. The predicted octanol–water partition coefficient (Wildman–Crippen LogP) is 3.72. The Morgan fingerprint density at radius 2 is 1.75 bits per heavy atom. The highest BCUT2D eigenvalue weighted by atomic mass is 35.5. The van der Waals surface area contributed by atoms with Crippen LogP contribution in [0.4, 0.5) is 0 Å². The van der Waals surface area contributed by atoms with E-state index < -0.39 is 0 Å². The van der Waals surface area contributed by atoms with E-state index in [0.29, 0.717) is 12.4 Å². The van der Waals surface area contributed by atoms with Crippen molar-refractivity contribution >= 4 is 12.4 Å². The highest BCUT2D eigenvalue weighted by molar-refractivity contribution is 5.85. The maximum absolute atomic E-state index is 5.97. The van der Waals surface area contributed by atoms with Crippen LogP contribution in [0.1, 0.15) is 24.1 Å². The summed E-state index contributed by atoms with van der Waals surface area (Å²) in [5.41, 5.74) is 8.04. The molecule has 20 heavy (non-hydrogen) atoms. The van der Waals surface area contributed by atoms with Gasteiger partial charge in [-0.1, -0.05) is 42.5 Å². The number of benzene rings is 2. The molecule has 0 aromatic heterocycles. The van der Waals surface area contributed by atoms with Crippen LogP contribution in [0, 0.1) is 0 Å². The number of nitrogens with two attached hydrogens (primary N) is 1. The lowest BCUT2D eigenvalue weighted by Gasteiger charge is -2.17. The quantitative estimate of drug-likeness (QED) is 0.914. The van der Waals surface area contributed by atoms with Crippen molar-refractivity contribution in [3.8, 4) is 11.5 Å². The number of hydrogen-bond donors (Lipinski definition) is 1. The SMILES string of the molecule is COc1cccc(C(C)N)c1OCc1ccccc1.Cl. The van der Waals surface area contributed by atoms with Crippen LogP contribution in [-0.4, -0.2) is 7.11 Å². The van der Waals surface area contributed by atoms with Crippen LogP contribution < -0.4 is 15.2 Å². The topological polar surface area (TPSA) is 44.5 Å². The molecule has 1 atom stereocenters. The lowest BCUT2D eigenvalue weighted by Crippen LogP contribution is -2.09. The third-order valence-electron chi connectivity index (χ3n) is 2.95. The summed E-state index contributed by atoms with van der Waals surface area (Å²) in [4.78, 5) is 0. The van der Waals surface area contributed by atoms with Crippen molar-refractivity contribution in [2.24, 2.45) is 5.73 Å². The van der Waals surface area contributed by atoms with E-state index in [4.69, 9.17) is 15.2 Å². The molecule has 0 saturated carbocycles. The zero-order chi connectivity index (χ0) is 13.7. The van der Waals surface area contributed by atoms with E-state index in [2.05, 4.69) is 0 Å². The van der Waals surface area contributed by atoms with E-state index in [9.17, 15) is 0 Å². The van der Waals surface area contributed by atoms with Gasteiger partial charge in [-0.05, 0) is 18.6 Å². The number of hydrogen-bond acceptors (Lipinski definition) is 3. The Labute approximate surface area is 126 Å². The van der Waals surface area contributed by atoms with Crippen molar-refractivity contribution in [2.45, 2.75) is 19.6 Å². The third kappa shape index (κ3) is 3.89. The Morgan fingerprint density at radius 1 is 1.05 bits per heavy atom. The van der Waals surface area contributed by atoms with Crippen LogP contribution >= 0.6 is 12.4 Å². The number of ether oxygens (including phenoxy) is 2. The zero-order valence-electron chi connectivity index (χ0n) is 11.7. The zero-order valence-corrected chi connectivity index (χ0v) is 12.5. The molecule has 1 unspecified atom stereocenters. The number of methoxy groups -OCH3 is 1. The van der Waals surface area contributed by atoms with E-state index in [1.807, 2.05) is 55.5 Å².